The molecule has 1 aliphatic rings. The highest BCUT2D eigenvalue weighted by Crippen LogP contribution is 2.57. The highest BCUT2D eigenvalue weighted by atomic mass is 14.9. The largest absolute Gasteiger partial charge is 0.317 e. The quantitative estimate of drug-likeness (QED) is 0.813. The van der Waals surface area contributed by atoms with Gasteiger partial charge in [-0.1, -0.05) is 20.8 Å². The van der Waals surface area contributed by atoms with E-state index in [0.29, 0.717) is 11.3 Å². The van der Waals surface area contributed by atoms with Gasteiger partial charge < -0.3 is 5.32 Å². The third-order valence-corrected chi connectivity index (χ3v) is 4.06. The van der Waals surface area contributed by atoms with Gasteiger partial charge >= 0.3 is 0 Å². The SMILES string of the molecule is CCNCCc1c(C)nc(C2CC2(C)C)nc1C. The normalized spacial score (nSPS) is 21.1. The summed E-state index contributed by atoms with van der Waals surface area (Å²) in [4.78, 5) is 9.46. The topological polar surface area (TPSA) is 37.8 Å². The van der Waals surface area contributed by atoms with E-state index in [0.717, 1.165) is 36.7 Å². The second kappa shape index (κ2) is 4.96. The van der Waals surface area contributed by atoms with Crippen molar-refractivity contribution in [3.8, 4) is 0 Å². The fraction of sp³-hybridized carbons (Fsp3) is 0.733. The van der Waals surface area contributed by atoms with Crippen LogP contribution in [0.4, 0.5) is 0 Å². The molecule has 1 heterocycles. The summed E-state index contributed by atoms with van der Waals surface area (Å²) in [7, 11) is 0. The Morgan fingerprint density at radius 1 is 1.22 bits per heavy atom. The van der Waals surface area contributed by atoms with Crippen molar-refractivity contribution in [2.45, 2.75) is 53.4 Å². The van der Waals surface area contributed by atoms with E-state index >= 15 is 0 Å². The zero-order chi connectivity index (χ0) is 13.3. The number of nitrogens with one attached hydrogen (secondary N) is 1. The molecule has 1 aromatic heterocycles. The van der Waals surface area contributed by atoms with Crippen molar-refractivity contribution in [1.29, 1.82) is 0 Å². The van der Waals surface area contributed by atoms with E-state index in [1.807, 2.05) is 0 Å². The first-order chi connectivity index (χ1) is 8.45. The zero-order valence-corrected chi connectivity index (χ0v) is 12.3. The molecule has 0 amide bonds. The first-order valence-electron chi connectivity index (χ1n) is 7.00. The molecule has 1 aromatic rings. The molecule has 0 saturated heterocycles. The molecule has 1 aliphatic carbocycles. The molecule has 0 spiro atoms. The molecule has 1 N–H and O–H groups in total. The van der Waals surface area contributed by atoms with E-state index in [9.17, 15) is 0 Å². The van der Waals surface area contributed by atoms with Gasteiger partial charge in [0.1, 0.15) is 5.82 Å². The molecule has 3 heteroatoms. The maximum Gasteiger partial charge on any atom is 0.132 e. The highest BCUT2D eigenvalue weighted by molar-refractivity contribution is 5.28. The number of aryl methyl sites for hydroxylation is 2. The lowest BCUT2D eigenvalue weighted by Crippen LogP contribution is -2.18. The summed E-state index contributed by atoms with van der Waals surface area (Å²) in [6.45, 7) is 13.0. The molecule has 100 valence electrons. The van der Waals surface area contributed by atoms with Crippen LogP contribution in [-0.2, 0) is 6.42 Å². The smallest absolute Gasteiger partial charge is 0.132 e. The predicted octanol–water partition coefficient (Wildman–Crippen LogP) is 2.76. The fourth-order valence-corrected chi connectivity index (χ4v) is 2.58. The summed E-state index contributed by atoms with van der Waals surface area (Å²) in [5.74, 6) is 1.62. The highest BCUT2D eigenvalue weighted by Gasteiger charge is 2.48. The van der Waals surface area contributed by atoms with Crippen LogP contribution in [-0.4, -0.2) is 23.1 Å². The summed E-state index contributed by atoms with van der Waals surface area (Å²) in [6, 6.07) is 0. The van der Waals surface area contributed by atoms with E-state index in [1.165, 1.54) is 12.0 Å². The Bertz CT molecular complexity index is 414. The Kier molecular flexibility index (Phi) is 3.71. The van der Waals surface area contributed by atoms with Gasteiger partial charge in [-0.25, -0.2) is 9.97 Å². The van der Waals surface area contributed by atoms with Crippen LogP contribution in [0.5, 0.6) is 0 Å². The molecule has 1 saturated carbocycles. The number of nitrogens with zero attached hydrogens (tertiary/aromatic N) is 2. The second-order valence-electron chi connectivity index (χ2n) is 6.08. The van der Waals surface area contributed by atoms with Gasteiger partial charge in [0.15, 0.2) is 0 Å². The monoisotopic (exact) mass is 247 g/mol. The van der Waals surface area contributed by atoms with Crippen LogP contribution in [0.2, 0.25) is 0 Å². The Balaban J connectivity index is 2.14. The van der Waals surface area contributed by atoms with Crippen molar-refractivity contribution in [2.75, 3.05) is 13.1 Å². The number of aromatic nitrogens is 2. The molecule has 0 aromatic carbocycles. The van der Waals surface area contributed by atoms with Crippen LogP contribution in [0.3, 0.4) is 0 Å². The lowest BCUT2D eigenvalue weighted by Gasteiger charge is -2.12. The minimum Gasteiger partial charge on any atom is -0.317 e. The van der Waals surface area contributed by atoms with Crippen LogP contribution >= 0.6 is 0 Å². The van der Waals surface area contributed by atoms with Crippen LogP contribution in [0.15, 0.2) is 0 Å². The molecule has 2 rings (SSSR count). The van der Waals surface area contributed by atoms with Gasteiger partial charge in [-0.15, -0.1) is 0 Å². The molecular formula is C15H25N3. The first kappa shape index (κ1) is 13.5. The summed E-state index contributed by atoms with van der Waals surface area (Å²) >= 11 is 0. The minimum atomic E-state index is 0.407. The second-order valence-corrected chi connectivity index (χ2v) is 6.08. The average Bonchev–Trinajstić information content (AvgIpc) is 2.92. The molecule has 0 bridgehead atoms. The minimum absolute atomic E-state index is 0.407. The van der Waals surface area contributed by atoms with Gasteiger partial charge in [-0.2, -0.15) is 0 Å². The van der Waals surface area contributed by atoms with Crippen molar-refractivity contribution in [3.05, 3.63) is 22.8 Å². The average molecular weight is 247 g/mol. The van der Waals surface area contributed by atoms with E-state index in [1.54, 1.807) is 0 Å². The van der Waals surface area contributed by atoms with Crippen molar-refractivity contribution >= 4 is 0 Å². The Morgan fingerprint density at radius 2 is 1.78 bits per heavy atom. The van der Waals surface area contributed by atoms with Crippen molar-refractivity contribution < 1.29 is 0 Å². The third-order valence-electron chi connectivity index (χ3n) is 4.06. The number of rotatable bonds is 5. The lowest BCUT2D eigenvalue weighted by molar-refractivity contribution is 0.604. The summed E-state index contributed by atoms with van der Waals surface area (Å²) < 4.78 is 0. The maximum absolute atomic E-state index is 4.73. The van der Waals surface area contributed by atoms with Crippen LogP contribution in [0.1, 0.15) is 55.9 Å². The van der Waals surface area contributed by atoms with Crippen LogP contribution in [0.25, 0.3) is 0 Å². The lowest BCUT2D eigenvalue weighted by atomic mass is 10.1. The molecule has 18 heavy (non-hydrogen) atoms. The Morgan fingerprint density at radius 3 is 2.22 bits per heavy atom. The number of hydrogen-bond acceptors (Lipinski definition) is 3. The van der Waals surface area contributed by atoms with Gasteiger partial charge in [-0.05, 0) is 50.8 Å². The van der Waals surface area contributed by atoms with Gasteiger partial charge in [0.25, 0.3) is 0 Å². The van der Waals surface area contributed by atoms with Gasteiger partial charge in [0, 0.05) is 17.3 Å². The number of hydrogen-bond donors (Lipinski definition) is 1. The van der Waals surface area contributed by atoms with Crippen LogP contribution in [0, 0.1) is 19.3 Å². The van der Waals surface area contributed by atoms with Gasteiger partial charge in [0.2, 0.25) is 0 Å². The number of likely N-dealkylation sites (N-methyl/N-ethyl adjacent to an activating group) is 1. The molecule has 1 fully saturated rings. The Hall–Kier alpha value is -0.960. The maximum atomic E-state index is 4.73. The molecule has 3 nitrogen and oxygen atoms in total. The standard InChI is InChI=1S/C15H25N3/c1-6-16-8-7-12-10(2)17-14(18-11(12)3)13-9-15(13,4)5/h13,16H,6-9H2,1-5H3. The predicted molar refractivity (Wildman–Crippen MR) is 74.9 cm³/mol. The summed E-state index contributed by atoms with van der Waals surface area (Å²) in [5, 5.41) is 3.36. The fourth-order valence-electron chi connectivity index (χ4n) is 2.58. The summed E-state index contributed by atoms with van der Waals surface area (Å²) in [6.07, 6.45) is 2.25. The van der Waals surface area contributed by atoms with Gasteiger partial charge in [-0.3, -0.25) is 0 Å². The van der Waals surface area contributed by atoms with E-state index in [-0.39, 0.29) is 0 Å². The van der Waals surface area contributed by atoms with Crippen molar-refractivity contribution in [2.24, 2.45) is 5.41 Å². The van der Waals surface area contributed by atoms with Crippen LogP contribution < -0.4 is 5.32 Å². The van der Waals surface area contributed by atoms with Crippen molar-refractivity contribution in [1.82, 2.24) is 15.3 Å². The first-order valence-corrected chi connectivity index (χ1v) is 7.00. The van der Waals surface area contributed by atoms with E-state index in [2.05, 4.69) is 39.9 Å². The third kappa shape index (κ3) is 2.72. The molecule has 1 atom stereocenters. The molecular weight excluding hydrogens is 222 g/mol. The molecule has 1 unspecified atom stereocenters. The van der Waals surface area contributed by atoms with E-state index < -0.39 is 0 Å². The summed E-state index contributed by atoms with van der Waals surface area (Å²) in [5.41, 5.74) is 4.05. The molecule has 0 aliphatic heterocycles. The zero-order valence-electron chi connectivity index (χ0n) is 12.3. The Labute approximate surface area is 110 Å². The molecule has 0 radical (unpaired) electrons. The van der Waals surface area contributed by atoms with E-state index in [4.69, 9.17) is 9.97 Å². The van der Waals surface area contributed by atoms with Crippen molar-refractivity contribution in [3.63, 3.8) is 0 Å². The van der Waals surface area contributed by atoms with Gasteiger partial charge in [0.05, 0.1) is 0 Å².